The van der Waals surface area contributed by atoms with Gasteiger partial charge in [0.25, 0.3) is 5.91 Å². The molecule has 1 aliphatic carbocycles. The molecule has 152 valence electrons. The Kier molecular flexibility index (Phi) is 5.09. The van der Waals surface area contributed by atoms with Gasteiger partial charge in [-0.3, -0.25) is 4.79 Å². The van der Waals surface area contributed by atoms with Gasteiger partial charge in [0.1, 0.15) is 15.8 Å². The van der Waals surface area contributed by atoms with Gasteiger partial charge in [0.05, 0.1) is 20.8 Å². The fourth-order valence-corrected chi connectivity index (χ4v) is 6.69. The molecule has 0 saturated heterocycles. The molecule has 2 aromatic carbocycles. The zero-order chi connectivity index (χ0) is 20.8. The van der Waals surface area contributed by atoms with Crippen LogP contribution in [0.2, 0.25) is 5.02 Å². The summed E-state index contributed by atoms with van der Waals surface area (Å²) in [7, 11) is 0. The molecule has 2 heterocycles. The van der Waals surface area contributed by atoms with Gasteiger partial charge in [0, 0.05) is 10.4 Å². The molecule has 0 saturated carbocycles. The van der Waals surface area contributed by atoms with E-state index in [1.807, 2.05) is 18.2 Å². The molecule has 1 aliphatic rings. The van der Waals surface area contributed by atoms with E-state index in [9.17, 15) is 9.18 Å². The number of anilines is 1. The topological polar surface area (TPSA) is 42.0 Å². The van der Waals surface area contributed by atoms with Gasteiger partial charge in [-0.15, -0.1) is 22.7 Å². The molecule has 2 aromatic heterocycles. The van der Waals surface area contributed by atoms with E-state index in [2.05, 4.69) is 18.3 Å². The minimum absolute atomic E-state index is 0.101. The zero-order valence-corrected chi connectivity index (χ0v) is 18.6. The first-order valence-corrected chi connectivity index (χ1v) is 11.8. The Morgan fingerprint density at radius 2 is 2.03 bits per heavy atom. The number of halogens is 2. The number of hydrogen-bond acceptors (Lipinski definition) is 4. The molecule has 0 aliphatic heterocycles. The first-order valence-electron chi connectivity index (χ1n) is 9.77. The van der Waals surface area contributed by atoms with Gasteiger partial charge in [0.15, 0.2) is 0 Å². The van der Waals surface area contributed by atoms with Crippen molar-refractivity contribution in [1.82, 2.24) is 4.98 Å². The van der Waals surface area contributed by atoms with Crippen LogP contribution >= 0.6 is 34.3 Å². The van der Waals surface area contributed by atoms with Crippen molar-refractivity contribution in [3.8, 4) is 10.6 Å². The number of rotatable bonds is 3. The first-order chi connectivity index (χ1) is 14.5. The van der Waals surface area contributed by atoms with E-state index in [0.717, 1.165) is 45.1 Å². The lowest BCUT2D eigenvalue weighted by atomic mass is 9.88. The second-order valence-electron chi connectivity index (χ2n) is 7.59. The van der Waals surface area contributed by atoms with Crippen molar-refractivity contribution in [2.75, 3.05) is 5.32 Å². The Balaban J connectivity index is 1.62. The number of benzene rings is 2. The highest BCUT2D eigenvalue weighted by Gasteiger charge is 2.28. The highest BCUT2D eigenvalue weighted by atomic mass is 35.5. The molecule has 7 heteroatoms. The van der Waals surface area contributed by atoms with Crippen molar-refractivity contribution >= 4 is 55.4 Å². The molecule has 3 nitrogen and oxygen atoms in total. The van der Waals surface area contributed by atoms with Crippen LogP contribution < -0.4 is 5.32 Å². The van der Waals surface area contributed by atoms with Crippen molar-refractivity contribution < 1.29 is 9.18 Å². The van der Waals surface area contributed by atoms with Crippen molar-refractivity contribution in [3.63, 3.8) is 0 Å². The Morgan fingerprint density at radius 3 is 2.83 bits per heavy atom. The minimum atomic E-state index is -0.628. The standard InChI is InChI=1S/C23H18ClFN2OS2/c1-12-9-10-13-18(11-12)30-23(27-21(28)20-14(24)5-4-6-15(20)25)19(13)22-26-16-7-2-3-8-17(16)29-22/h2-8,12H,9-11H2,1H3,(H,27,28). The van der Waals surface area contributed by atoms with Crippen LogP contribution in [0.4, 0.5) is 9.39 Å². The van der Waals surface area contributed by atoms with Gasteiger partial charge in [-0.25, -0.2) is 9.37 Å². The van der Waals surface area contributed by atoms with Crippen LogP contribution in [0.1, 0.15) is 34.1 Å². The van der Waals surface area contributed by atoms with E-state index in [1.165, 1.54) is 28.6 Å². The second-order valence-corrected chi connectivity index (χ2v) is 10.1. The summed E-state index contributed by atoms with van der Waals surface area (Å²) in [5, 5.41) is 4.65. The van der Waals surface area contributed by atoms with E-state index in [0.29, 0.717) is 5.92 Å². The normalized spacial score (nSPS) is 15.9. The summed E-state index contributed by atoms with van der Waals surface area (Å²) in [4.78, 5) is 19.1. The number of fused-ring (bicyclic) bond motifs is 2. The van der Waals surface area contributed by atoms with E-state index >= 15 is 0 Å². The molecule has 0 spiro atoms. The fraction of sp³-hybridized carbons (Fsp3) is 0.217. The van der Waals surface area contributed by atoms with E-state index in [4.69, 9.17) is 16.6 Å². The predicted molar refractivity (Wildman–Crippen MR) is 123 cm³/mol. The monoisotopic (exact) mass is 456 g/mol. The Hall–Kier alpha value is -2.28. The molecule has 1 N–H and O–H groups in total. The summed E-state index contributed by atoms with van der Waals surface area (Å²) in [6.45, 7) is 2.25. The number of thiazole rings is 1. The molecule has 5 rings (SSSR count). The van der Waals surface area contributed by atoms with Crippen molar-refractivity contribution in [2.45, 2.75) is 26.2 Å². The minimum Gasteiger partial charge on any atom is -0.313 e. The molecule has 0 fully saturated rings. The number of nitrogens with one attached hydrogen (secondary N) is 1. The number of thiophene rings is 1. The maximum Gasteiger partial charge on any atom is 0.260 e. The Bertz CT molecular complexity index is 1230. The summed E-state index contributed by atoms with van der Waals surface area (Å²) in [6.07, 6.45) is 3.04. The lowest BCUT2D eigenvalue weighted by Gasteiger charge is -2.18. The summed E-state index contributed by atoms with van der Waals surface area (Å²) < 4.78 is 15.4. The maximum atomic E-state index is 14.3. The van der Waals surface area contributed by atoms with Crippen LogP contribution in [0.3, 0.4) is 0 Å². The van der Waals surface area contributed by atoms with Gasteiger partial charge >= 0.3 is 0 Å². The highest BCUT2D eigenvalue weighted by molar-refractivity contribution is 7.23. The number of nitrogens with zero attached hydrogens (tertiary/aromatic N) is 1. The van der Waals surface area contributed by atoms with Crippen LogP contribution in [0, 0.1) is 11.7 Å². The van der Waals surface area contributed by atoms with Gasteiger partial charge in [0.2, 0.25) is 0 Å². The average molecular weight is 457 g/mol. The average Bonchev–Trinajstić information content (AvgIpc) is 3.27. The lowest BCUT2D eigenvalue weighted by molar-refractivity contribution is 0.102. The molecule has 4 aromatic rings. The van der Waals surface area contributed by atoms with Crippen LogP contribution in [-0.4, -0.2) is 10.9 Å². The van der Waals surface area contributed by atoms with E-state index in [-0.39, 0.29) is 10.6 Å². The van der Waals surface area contributed by atoms with Gasteiger partial charge in [-0.05, 0) is 55.0 Å². The molecule has 0 bridgehead atoms. The number of aromatic nitrogens is 1. The number of carbonyl (C=O) groups excluding carboxylic acids is 1. The molecule has 30 heavy (non-hydrogen) atoms. The van der Waals surface area contributed by atoms with Crippen molar-refractivity contribution in [3.05, 3.63) is 69.3 Å². The smallest absolute Gasteiger partial charge is 0.260 e. The quantitative estimate of drug-likeness (QED) is 0.354. The van der Waals surface area contributed by atoms with Crippen LogP contribution in [0.25, 0.3) is 20.8 Å². The van der Waals surface area contributed by atoms with Gasteiger partial charge < -0.3 is 5.32 Å². The maximum absolute atomic E-state index is 14.3. The predicted octanol–water partition coefficient (Wildman–Crippen LogP) is 7.19. The third-order valence-electron chi connectivity index (χ3n) is 5.44. The number of carbonyl (C=O) groups is 1. The van der Waals surface area contributed by atoms with Gasteiger partial charge in [-0.2, -0.15) is 0 Å². The molecular weight excluding hydrogens is 439 g/mol. The third kappa shape index (κ3) is 3.43. The summed E-state index contributed by atoms with van der Waals surface area (Å²) in [5.74, 6) is -0.562. The Morgan fingerprint density at radius 1 is 1.20 bits per heavy atom. The van der Waals surface area contributed by atoms with E-state index in [1.54, 1.807) is 22.7 Å². The summed E-state index contributed by atoms with van der Waals surface area (Å²) in [6, 6.07) is 12.3. The third-order valence-corrected chi connectivity index (χ3v) is 7.97. The summed E-state index contributed by atoms with van der Waals surface area (Å²) in [5.41, 5.74) is 3.04. The van der Waals surface area contributed by atoms with Crippen molar-refractivity contribution in [2.24, 2.45) is 5.92 Å². The lowest BCUT2D eigenvalue weighted by Crippen LogP contribution is -2.14. The Labute approximate surface area is 186 Å². The molecule has 0 radical (unpaired) electrons. The largest absolute Gasteiger partial charge is 0.313 e. The fourth-order valence-electron chi connectivity index (χ4n) is 3.92. The number of amides is 1. The molecule has 1 amide bonds. The van der Waals surface area contributed by atoms with E-state index < -0.39 is 11.7 Å². The van der Waals surface area contributed by atoms with Crippen molar-refractivity contribution in [1.29, 1.82) is 0 Å². The van der Waals surface area contributed by atoms with Gasteiger partial charge in [-0.1, -0.05) is 36.7 Å². The first kappa shape index (κ1) is 19.7. The number of hydrogen-bond donors (Lipinski definition) is 1. The zero-order valence-electron chi connectivity index (χ0n) is 16.2. The number of para-hydroxylation sites is 1. The molecular formula is C23H18ClFN2OS2. The summed E-state index contributed by atoms with van der Waals surface area (Å²) >= 11 is 9.30. The molecule has 1 atom stereocenters. The van der Waals surface area contributed by atoms with Crippen LogP contribution in [0.5, 0.6) is 0 Å². The van der Waals surface area contributed by atoms with Crippen LogP contribution in [0.15, 0.2) is 42.5 Å². The second kappa shape index (κ2) is 7.76. The molecule has 1 unspecified atom stereocenters. The SMILES string of the molecule is CC1CCc2c(sc(NC(=O)c3c(F)cccc3Cl)c2-c2nc3ccccc3s2)C1. The highest BCUT2D eigenvalue weighted by Crippen LogP contribution is 2.47. The van der Waals surface area contributed by atoms with Crippen LogP contribution in [-0.2, 0) is 12.8 Å².